The first-order chi connectivity index (χ1) is 11.6. The molecule has 0 N–H and O–H groups in total. The quantitative estimate of drug-likeness (QED) is 0.807. The molecule has 0 spiro atoms. The molecule has 4 nitrogen and oxygen atoms in total. The summed E-state index contributed by atoms with van der Waals surface area (Å²) in [5, 5.41) is 0. The summed E-state index contributed by atoms with van der Waals surface area (Å²) in [7, 11) is 0. The molecule has 0 radical (unpaired) electrons. The fourth-order valence-corrected chi connectivity index (χ4v) is 3.18. The minimum absolute atomic E-state index is 0.0406. The van der Waals surface area contributed by atoms with Crippen LogP contribution in [0.25, 0.3) is 0 Å². The summed E-state index contributed by atoms with van der Waals surface area (Å²) >= 11 is 0. The number of anilines is 1. The number of aromatic nitrogens is 1. The number of hydrogen-bond donors (Lipinski definition) is 0. The molecule has 1 atom stereocenters. The largest absolute Gasteiger partial charge is 0.367 e. The van der Waals surface area contributed by atoms with Gasteiger partial charge < -0.3 is 4.90 Å². The number of carbonyl (C=O) groups excluding carboxylic acids is 1. The lowest BCUT2D eigenvalue weighted by Crippen LogP contribution is -2.47. The van der Waals surface area contributed by atoms with Crippen molar-refractivity contribution in [3.63, 3.8) is 0 Å². The molecule has 1 aliphatic rings. The lowest BCUT2D eigenvalue weighted by molar-refractivity contribution is 0.101. The van der Waals surface area contributed by atoms with Crippen molar-refractivity contribution in [1.29, 1.82) is 0 Å². The first-order valence-corrected chi connectivity index (χ1v) is 8.25. The molecule has 126 valence electrons. The van der Waals surface area contributed by atoms with E-state index in [1.165, 1.54) is 18.6 Å². The monoisotopic (exact) mass is 327 g/mol. The third-order valence-electron chi connectivity index (χ3n) is 4.74. The molecular weight excluding hydrogens is 305 g/mol. The summed E-state index contributed by atoms with van der Waals surface area (Å²) in [6, 6.07) is 8.98. The highest BCUT2D eigenvalue weighted by Crippen LogP contribution is 2.26. The van der Waals surface area contributed by atoms with Gasteiger partial charge in [-0.3, -0.25) is 14.7 Å². The van der Waals surface area contributed by atoms with Crippen LogP contribution in [0.1, 0.15) is 35.8 Å². The Morgan fingerprint density at radius 3 is 2.42 bits per heavy atom. The predicted octanol–water partition coefficient (Wildman–Crippen LogP) is 3.31. The van der Waals surface area contributed by atoms with Crippen LogP contribution in [-0.2, 0) is 0 Å². The minimum Gasteiger partial charge on any atom is -0.367 e. The zero-order valence-corrected chi connectivity index (χ0v) is 14.1. The molecule has 5 heteroatoms. The normalized spacial score (nSPS) is 16.9. The molecule has 1 saturated heterocycles. The Bertz CT molecular complexity index is 712. The van der Waals surface area contributed by atoms with Gasteiger partial charge in [-0.2, -0.15) is 0 Å². The van der Waals surface area contributed by atoms with E-state index in [-0.39, 0.29) is 11.6 Å². The van der Waals surface area contributed by atoms with Crippen LogP contribution in [0.2, 0.25) is 0 Å². The number of halogens is 1. The summed E-state index contributed by atoms with van der Waals surface area (Å²) < 4.78 is 14.2. The summed E-state index contributed by atoms with van der Waals surface area (Å²) in [6.45, 7) is 6.88. The van der Waals surface area contributed by atoms with Crippen LogP contribution in [-0.4, -0.2) is 41.8 Å². The minimum atomic E-state index is -0.268. The Kier molecular flexibility index (Phi) is 4.90. The number of hydrogen-bond acceptors (Lipinski definition) is 4. The van der Waals surface area contributed by atoms with Crippen molar-refractivity contribution in [2.24, 2.45) is 0 Å². The molecule has 2 aromatic rings. The van der Waals surface area contributed by atoms with E-state index in [2.05, 4.69) is 16.8 Å². The molecule has 0 amide bonds. The Balaban J connectivity index is 1.69. The molecule has 1 aromatic carbocycles. The average molecular weight is 327 g/mol. The maximum absolute atomic E-state index is 14.2. The summed E-state index contributed by atoms with van der Waals surface area (Å²) in [6.07, 6.45) is 3.62. The first-order valence-electron chi connectivity index (χ1n) is 8.25. The highest BCUT2D eigenvalue weighted by molar-refractivity contribution is 5.95. The van der Waals surface area contributed by atoms with Crippen molar-refractivity contribution in [2.45, 2.75) is 19.9 Å². The average Bonchev–Trinajstić information content (AvgIpc) is 2.62. The van der Waals surface area contributed by atoms with E-state index in [1.807, 2.05) is 29.4 Å². The van der Waals surface area contributed by atoms with Crippen molar-refractivity contribution in [3.8, 4) is 0 Å². The van der Waals surface area contributed by atoms with Crippen molar-refractivity contribution >= 4 is 11.5 Å². The number of pyridine rings is 1. The molecule has 3 rings (SSSR count). The van der Waals surface area contributed by atoms with Crippen LogP contribution >= 0.6 is 0 Å². The highest BCUT2D eigenvalue weighted by atomic mass is 19.1. The van der Waals surface area contributed by atoms with Gasteiger partial charge in [-0.05, 0) is 49.7 Å². The van der Waals surface area contributed by atoms with Crippen molar-refractivity contribution in [2.75, 3.05) is 31.1 Å². The van der Waals surface area contributed by atoms with Gasteiger partial charge in [-0.15, -0.1) is 0 Å². The van der Waals surface area contributed by atoms with Crippen LogP contribution < -0.4 is 4.90 Å². The SMILES string of the molecule is CC(=O)c1ccc(F)c(N2CCN(C(C)c3ccncc3)CC2)c1. The third kappa shape index (κ3) is 3.46. The van der Waals surface area contributed by atoms with Crippen LogP contribution in [0.15, 0.2) is 42.7 Å². The van der Waals surface area contributed by atoms with Crippen molar-refractivity contribution < 1.29 is 9.18 Å². The lowest BCUT2D eigenvalue weighted by atomic mass is 10.1. The highest BCUT2D eigenvalue weighted by Gasteiger charge is 2.24. The Morgan fingerprint density at radius 1 is 1.12 bits per heavy atom. The maximum atomic E-state index is 14.2. The summed E-state index contributed by atoms with van der Waals surface area (Å²) in [5.41, 5.74) is 2.32. The second kappa shape index (κ2) is 7.09. The standard InChI is InChI=1S/C19H22FN3O/c1-14(16-5-7-21-8-6-16)22-9-11-23(12-10-22)19-13-17(15(2)24)3-4-18(19)20/h3-8,13-14H,9-12H2,1-2H3. The molecule has 0 saturated carbocycles. The van der Waals surface area contributed by atoms with Gasteiger partial charge in [0.25, 0.3) is 0 Å². The van der Waals surface area contributed by atoms with Gasteiger partial charge in [-0.25, -0.2) is 4.39 Å². The molecule has 0 aliphatic carbocycles. The van der Waals surface area contributed by atoms with Gasteiger partial charge in [0.05, 0.1) is 5.69 Å². The van der Waals surface area contributed by atoms with Gasteiger partial charge >= 0.3 is 0 Å². The molecule has 1 aromatic heterocycles. The number of benzene rings is 1. The number of piperazine rings is 1. The maximum Gasteiger partial charge on any atom is 0.159 e. The molecule has 1 unspecified atom stereocenters. The molecule has 1 fully saturated rings. The van der Waals surface area contributed by atoms with E-state index < -0.39 is 0 Å². The van der Waals surface area contributed by atoms with E-state index in [0.717, 1.165) is 26.2 Å². The fraction of sp³-hybridized carbons (Fsp3) is 0.368. The molecule has 24 heavy (non-hydrogen) atoms. The zero-order valence-electron chi connectivity index (χ0n) is 14.1. The lowest BCUT2D eigenvalue weighted by Gasteiger charge is -2.39. The third-order valence-corrected chi connectivity index (χ3v) is 4.74. The number of Topliss-reactive ketones (excluding diaryl/α,β-unsaturated/α-hetero) is 1. The van der Waals surface area contributed by atoms with Gasteiger partial charge in [0.15, 0.2) is 5.78 Å². The zero-order chi connectivity index (χ0) is 17.1. The van der Waals surface area contributed by atoms with E-state index >= 15 is 0 Å². The van der Waals surface area contributed by atoms with Crippen LogP contribution in [0.5, 0.6) is 0 Å². The smallest absolute Gasteiger partial charge is 0.159 e. The van der Waals surface area contributed by atoms with Gasteiger partial charge in [-0.1, -0.05) is 0 Å². The molecular formula is C19H22FN3O. The van der Waals surface area contributed by atoms with E-state index in [4.69, 9.17) is 0 Å². The van der Waals surface area contributed by atoms with Gasteiger partial charge in [0, 0.05) is 50.2 Å². The van der Waals surface area contributed by atoms with E-state index in [1.54, 1.807) is 12.1 Å². The van der Waals surface area contributed by atoms with Crippen LogP contribution in [0.4, 0.5) is 10.1 Å². The molecule has 0 bridgehead atoms. The van der Waals surface area contributed by atoms with Gasteiger partial charge in [0.2, 0.25) is 0 Å². The second-order valence-corrected chi connectivity index (χ2v) is 6.20. The number of carbonyl (C=O) groups is 1. The van der Waals surface area contributed by atoms with E-state index in [9.17, 15) is 9.18 Å². The predicted molar refractivity (Wildman–Crippen MR) is 92.8 cm³/mol. The Morgan fingerprint density at radius 2 is 1.79 bits per heavy atom. The van der Waals surface area contributed by atoms with E-state index in [0.29, 0.717) is 17.3 Å². The van der Waals surface area contributed by atoms with Crippen molar-refractivity contribution in [1.82, 2.24) is 9.88 Å². The Labute approximate surface area is 141 Å². The Hall–Kier alpha value is -2.27. The first kappa shape index (κ1) is 16.6. The van der Waals surface area contributed by atoms with Crippen LogP contribution in [0, 0.1) is 5.82 Å². The number of ketones is 1. The molecule has 1 aliphatic heterocycles. The fourth-order valence-electron chi connectivity index (χ4n) is 3.18. The second-order valence-electron chi connectivity index (χ2n) is 6.20. The number of rotatable bonds is 4. The number of nitrogens with zero attached hydrogens (tertiary/aromatic N) is 3. The van der Waals surface area contributed by atoms with Gasteiger partial charge in [0.1, 0.15) is 5.82 Å². The molecule has 2 heterocycles. The van der Waals surface area contributed by atoms with Crippen LogP contribution in [0.3, 0.4) is 0 Å². The van der Waals surface area contributed by atoms with Crippen molar-refractivity contribution in [3.05, 3.63) is 59.7 Å². The summed E-state index contributed by atoms with van der Waals surface area (Å²) in [4.78, 5) is 20.0. The topological polar surface area (TPSA) is 36.4 Å². The summed E-state index contributed by atoms with van der Waals surface area (Å²) in [5.74, 6) is -0.308.